The maximum Gasteiger partial charge on any atom is 0.318 e. The van der Waals surface area contributed by atoms with Gasteiger partial charge < -0.3 is 10.2 Å². The SMILES string of the molecule is Cc1ccc(C2CCCN2C(=O)NC2CCCc3c2cnn3C)cc1C. The first kappa shape index (κ1) is 17.1. The molecular weight excluding hydrogens is 324 g/mol. The fraction of sp³-hybridized carbons (Fsp3) is 0.524. The number of aromatic nitrogens is 2. The number of amides is 2. The zero-order valence-corrected chi connectivity index (χ0v) is 16.0. The Morgan fingerprint density at radius 3 is 2.85 bits per heavy atom. The standard InChI is InChI=1S/C21H28N4O/c1-14-9-10-16(12-15(14)2)19-8-5-11-25(19)21(26)23-18-6-4-7-20-17(18)13-22-24(20)3/h9-10,12-13,18-19H,4-8,11H2,1-3H3,(H,23,26). The smallest absolute Gasteiger partial charge is 0.318 e. The van der Waals surface area contributed by atoms with Crippen molar-refractivity contribution >= 4 is 6.03 Å². The highest BCUT2D eigenvalue weighted by molar-refractivity contribution is 5.75. The Balaban J connectivity index is 1.51. The third-order valence-corrected chi connectivity index (χ3v) is 6.10. The van der Waals surface area contributed by atoms with Gasteiger partial charge in [0.05, 0.1) is 18.3 Å². The molecule has 0 saturated carbocycles. The van der Waals surface area contributed by atoms with Crippen molar-refractivity contribution in [2.24, 2.45) is 7.05 Å². The molecule has 1 saturated heterocycles. The molecule has 2 aliphatic rings. The molecule has 1 aliphatic heterocycles. The zero-order valence-electron chi connectivity index (χ0n) is 16.0. The van der Waals surface area contributed by atoms with Gasteiger partial charge in [-0.2, -0.15) is 5.10 Å². The van der Waals surface area contributed by atoms with Crippen LogP contribution < -0.4 is 5.32 Å². The van der Waals surface area contributed by atoms with Gasteiger partial charge in [0.15, 0.2) is 0 Å². The van der Waals surface area contributed by atoms with E-state index < -0.39 is 0 Å². The van der Waals surface area contributed by atoms with Crippen LogP contribution in [0.1, 0.15) is 65.7 Å². The molecule has 1 N–H and O–H groups in total. The molecule has 2 amide bonds. The highest BCUT2D eigenvalue weighted by atomic mass is 16.2. The van der Waals surface area contributed by atoms with Gasteiger partial charge in [-0.05, 0) is 62.6 Å². The number of aryl methyl sites for hydroxylation is 3. The molecule has 2 atom stereocenters. The second-order valence-corrected chi connectivity index (χ2v) is 7.76. The monoisotopic (exact) mass is 352 g/mol. The molecule has 26 heavy (non-hydrogen) atoms. The van der Waals surface area contributed by atoms with Gasteiger partial charge >= 0.3 is 6.03 Å². The molecule has 0 spiro atoms. The molecule has 4 rings (SSSR count). The number of rotatable bonds is 2. The topological polar surface area (TPSA) is 50.2 Å². The van der Waals surface area contributed by atoms with Crippen LogP contribution in [0.25, 0.3) is 0 Å². The average Bonchev–Trinajstić information content (AvgIpc) is 3.25. The normalized spacial score (nSPS) is 22.3. The Kier molecular flexibility index (Phi) is 4.47. The second-order valence-electron chi connectivity index (χ2n) is 7.76. The number of hydrogen-bond acceptors (Lipinski definition) is 2. The molecule has 2 unspecified atom stereocenters. The number of urea groups is 1. The minimum atomic E-state index is 0.0624. The molecule has 1 fully saturated rings. The summed E-state index contributed by atoms with van der Waals surface area (Å²) >= 11 is 0. The van der Waals surface area contributed by atoms with Gasteiger partial charge in [0.1, 0.15) is 0 Å². The van der Waals surface area contributed by atoms with Gasteiger partial charge in [-0.15, -0.1) is 0 Å². The fourth-order valence-electron chi connectivity index (χ4n) is 4.42. The van der Waals surface area contributed by atoms with E-state index in [2.05, 4.69) is 42.5 Å². The molecule has 1 aromatic carbocycles. The summed E-state index contributed by atoms with van der Waals surface area (Å²) in [6, 6.07) is 6.92. The predicted octanol–water partition coefficient (Wildman–Crippen LogP) is 3.96. The molecule has 5 nitrogen and oxygen atoms in total. The summed E-state index contributed by atoms with van der Waals surface area (Å²) in [5.74, 6) is 0. The van der Waals surface area contributed by atoms with Crippen LogP contribution in [0.3, 0.4) is 0 Å². The summed E-state index contributed by atoms with van der Waals surface area (Å²) in [4.78, 5) is 15.1. The lowest BCUT2D eigenvalue weighted by molar-refractivity contribution is 0.187. The molecule has 2 heterocycles. The van der Waals surface area contributed by atoms with E-state index in [1.807, 2.05) is 22.8 Å². The van der Waals surface area contributed by atoms with Gasteiger partial charge in [-0.3, -0.25) is 4.68 Å². The largest absolute Gasteiger partial charge is 0.331 e. The van der Waals surface area contributed by atoms with Crippen molar-refractivity contribution in [2.45, 2.75) is 58.0 Å². The summed E-state index contributed by atoms with van der Waals surface area (Å²) in [5, 5.41) is 7.68. The summed E-state index contributed by atoms with van der Waals surface area (Å²) in [6.45, 7) is 5.10. The van der Waals surface area contributed by atoms with Crippen molar-refractivity contribution in [3.63, 3.8) is 0 Å². The number of nitrogens with one attached hydrogen (secondary N) is 1. The third-order valence-electron chi connectivity index (χ3n) is 6.10. The van der Waals surface area contributed by atoms with Crippen LogP contribution in [0.5, 0.6) is 0 Å². The lowest BCUT2D eigenvalue weighted by Crippen LogP contribution is -2.42. The van der Waals surface area contributed by atoms with E-state index in [-0.39, 0.29) is 18.1 Å². The Labute approximate surface area is 155 Å². The minimum absolute atomic E-state index is 0.0624. The molecule has 0 bridgehead atoms. The van der Waals surface area contributed by atoms with E-state index in [1.54, 1.807) is 0 Å². The van der Waals surface area contributed by atoms with Crippen molar-refractivity contribution in [1.29, 1.82) is 0 Å². The van der Waals surface area contributed by atoms with Crippen molar-refractivity contribution < 1.29 is 4.79 Å². The molecule has 5 heteroatoms. The minimum Gasteiger partial charge on any atom is -0.331 e. The third kappa shape index (κ3) is 3.00. The summed E-state index contributed by atoms with van der Waals surface area (Å²) in [6.07, 6.45) is 7.16. The van der Waals surface area contributed by atoms with Gasteiger partial charge in [0.2, 0.25) is 0 Å². The fourth-order valence-corrected chi connectivity index (χ4v) is 4.42. The molecular formula is C21H28N4O. The number of carbonyl (C=O) groups is 1. The van der Waals surface area contributed by atoms with Crippen LogP contribution in [0.15, 0.2) is 24.4 Å². The molecule has 0 radical (unpaired) electrons. The highest BCUT2D eigenvalue weighted by Gasteiger charge is 2.32. The molecule has 2 aromatic rings. The quantitative estimate of drug-likeness (QED) is 0.889. The van der Waals surface area contributed by atoms with Gasteiger partial charge in [0.25, 0.3) is 0 Å². The van der Waals surface area contributed by atoms with Crippen molar-refractivity contribution in [3.05, 3.63) is 52.3 Å². The van der Waals surface area contributed by atoms with Gasteiger partial charge in [-0.1, -0.05) is 18.2 Å². The van der Waals surface area contributed by atoms with Crippen molar-refractivity contribution in [1.82, 2.24) is 20.0 Å². The summed E-state index contributed by atoms with van der Waals surface area (Å²) in [7, 11) is 1.99. The van der Waals surface area contributed by atoms with E-state index in [0.717, 1.165) is 38.6 Å². The summed E-state index contributed by atoms with van der Waals surface area (Å²) < 4.78 is 1.95. The van der Waals surface area contributed by atoms with Crippen LogP contribution in [0.2, 0.25) is 0 Å². The number of nitrogens with zero attached hydrogens (tertiary/aromatic N) is 3. The lowest BCUT2D eigenvalue weighted by atomic mass is 9.93. The van der Waals surface area contributed by atoms with E-state index in [0.29, 0.717) is 0 Å². The Bertz CT molecular complexity index is 825. The number of hydrogen-bond donors (Lipinski definition) is 1. The maximum absolute atomic E-state index is 13.1. The predicted molar refractivity (Wildman–Crippen MR) is 102 cm³/mol. The van der Waals surface area contributed by atoms with Gasteiger partial charge in [-0.25, -0.2) is 4.79 Å². The number of carbonyl (C=O) groups excluding carboxylic acids is 1. The van der Waals surface area contributed by atoms with Gasteiger partial charge in [0, 0.05) is 24.8 Å². The van der Waals surface area contributed by atoms with E-state index in [4.69, 9.17) is 0 Å². The molecule has 1 aliphatic carbocycles. The Morgan fingerprint density at radius 2 is 2.04 bits per heavy atom. The van der Waals surface area contributed by atoms with E-state index in [9.17, 15) is 4.79 Å². The van der Waals surface area contributed by atoms with Crippen molar-refractivity contribution in [2.75, 3.05) is 6.54 Å². The van der Waals surface area contributed by atoms with Crippen LogP contribution >= 0.6 is 0 Å². The van der Waals surface area contributed by atoms with Crippen LogP contribution in [-0.2, 0) is 13.5 Å². The Hall–Kier alpha value is -2.30. The number of benzene rings is 1. The second kappa shape index (κ2) is 6.78. The first-order chi connectivity index (χ1) is 12.5. The number of fused-ring (bicyclic) bond motifs is 1. The average molecular weight is 352 g/mol. The first-order valence-electron chi connectivity index (χ1n) is 9.69. The number of likely N-dealkylation sites (tertiary alicyclic amines) is 1. The first-order valence-corrected chi connectivity index (χ1v) is 9.69. The molecule has 138 valence electrons. The van der Waals surface area contributed by atoms with Crippen LogP contribution in [-0.4, -0.2) is 27.3 Å². The summed E-state index contributed by atoms with van der Waals surface area (Å²) in [5.41, 5.74) is 6.30. The Morgan fingerprint density at radius 1 is 1.19 bits per heavy atom. The maximum atomic E-state index is 13.1. The zero-order chi connectivity index (χ0) is 18.3. The molecule has 1 aromatic heterocycles. The van der Waals surface area contributed by atoms with Crippen LogP contribution in [0, 0.1) is 13.8 Å². The van der Waals surface area contributed by atoms with E-state index in [1.165, 1.54) is 27.9 Å². The highest BCUT2D eigenvalue weighted by Crippen LogP contribution is 2.34. The van der Waals surface area contributed by atoms with Crippen molar-refractivity contribution in [3.8, 4) is 0 Å². The lowest BCUT2D eigenvalue weighted by Gasteiger charge is -2.30. The van der Waals surface area contributed by atoms with E-state index >= 15 is 0 Å². The van der Waals surface area contributed by atoms with Crippen LogP contribution in [0.4, 0.5) is 4.79 Å².